The van der Waals surface area contributed by atoms with Crippen LogP contribution in [-0.2, 0) is 0 Å². The highest BCUT2D eigenvalue weighted by Crippen LogP contribution is 2.09. The van der Waals surface area contributed by atoms with Gasteiger partial charge in [-0.05, 0) is 37.5 Å². The van der Waals surface area contributed by atoms with Crippen LogP contribution in [0.25, 0.3) is 0 Å². The number of carbonyl (C=O) groups excluding carboxylic acids is 1. The van der Waals surface area contributed by atoms with Gasteiger partial charge in [-0.2, -0.15) is 0 Å². The molecule has 0 fully saturated rings. The SMILES string of the molecule is Cc1cccc(NC(=O)NC(C)C(C)CO)c1. The molecular weight excluding hydrogens is 216 g/mol. The van der Waals surface area contributed by atoms with Gasteiger partial charge in [-0.1, -0.05) is 19.1 Å². The van der Waals surface area contributed by atoms with E-state index in [0.717, 1.165) is 11.3 Å². The fourth-order valence-corrected chi connectivity index (χ4v) is 1.40. The standard InChI is InChI=1S/C13H20N2O2/c1-9-5-4-6-12(7-9)15-13(17)14-11(3)10(2)8-16/h4-7,10-11,16H,8H2,1-3H3,(H2,14,15,17). The highest BCUT2D eigenvalue weighted by Gasteiger charge is 2.13. The Morgan fingerprint density at radius 3 is 2.71 bits per heavy atom. The third-order valence-electron chi connectivity index (χ3n) is 2.78. The molecule has 1 aromatic carbocycles. The van der Waals surface area contributed by atoms with Crippen LogP contribution in [0.15, 0.2) is 24.3 Å². The number of anilines is 1. The van der Waals surface area contributed by atoms with Crippen molar-refractivity contribution in [3.05, 3.63) is 29.8 Å². The van der Waals surface area contributed by atoms with Crippen LogP contribution in [0.2, 0.25) is 0 Å². The highest BCUT2D eigenvalue weighted by atomic mass is 16.3. The van der Waals surface area contributed by atoms with Crippen LogP contribution in [0, 0.1) is 12.8 Å². The Bertz CT molecular complexity index is 379. The molecule has 2 unspecified atom stereocenters. The first-order valence-corrected chi connectivity index (χ1v) is 5.78. The molecule has 0 aliphatic carbocycles. The Morgan fingerprint density at radius 1 is 1.41 bits per heavy atom. The normalized spacial score (nSPS) is 13.9. The summed E-state index contributed by atoms with van der Waals surface area (Å²) in [5, 5.41) is 14.5. The summed E-state index contributed by atoms with van der Waals surface area (Å²) in [5.74, 6) is 0.0401. The maximum atomic E-state index is 11.7. The van der Waals surface area contributed by atoms with Crippen molar-refractivity contribution in [2.45, 2.75) is 26.8 Å². The fraction of sp³-hybridized carbons (Fsp3) is 0.462. The quantitative estimate of drug-likeness (QED) is 0.750. The summed E-state index contributed by atoms with van der Waals surface area (Å²) >= 11 is 0. The van der Waals surface area contributed by atoms with Gasteiger partial charge in [0.05, 0.1) is 0 Å². The summed E-state index contributed by atoms with van der Waals surface area (Å²) in [5.41, 5.74) is 1.87. The topological polar surface area (TPSA) is 61.4 Å². The summed E-state index contributed by atoms with van der Waals surface area (Å²) in [6, 6.07) is 7.30. The average Bonchev–Trinajstić information content (AvgIpc) is 2.27. The van der Waals surface area contributed by atoms with Crippen molar-refractivity contribution in [3.63, 3.8) is 0 Å². The zero-order chi connectivity index (χ0) is 12.8. The molecule has 1 aromatic rings. The molecule has 2 atom stereocenters. The minimum absolute atomic E-state index is 0.0401. The predicted molar refractivity (Wildman–Crippen MR) is 69.0 cm³/mol. The summed E-state index contributed by atoms with van der Waals surface area (Å²) in [6.45, 7) is 5.79. The lowest BCUT2D eigenvalue weighted by molar-refractivity contribution is 0.204. The highest BCUT2D eigenvalue weighted by molar-refractivity contribution is 5.89. The maximum Gasteiger partial charge on any atom is 0.319 e. The second-order valence-electron chi connectivity index (χ2n) is 4.42. The molecule has 94 valence electrons. The molecule has 0 bridgehead atoms. The Balaban J connectivity index is 2.50. The number of aliphatic hydroxyl groups excluding tert-OH is 1. The van der Waals surface area contributed by atoms with Gasteiger partial charge in [0.25, 0.3) is 0 Å². The third-order valence-corrected chi connectivity index (χ3v) is 2.78. The number of hydrogen-bond acceptors (Lipinski definition) is 2. The van der Waals surface area contributed by atoms with Gasteiger partial charge in [0.1, 0.15) is 0 Å². The van der Waals surface area contributed by atoms with Crippen molar-refractivity contribution in [2.24, 2.45) is 5.92 Å². The number of nitrogens with one attached hydrogen (secondary N) is 2. The molecule has 0 aromatic heterocycles. The number of aliphatic hydroxyl groups is 1. The van der Waals surface area contributed by atoms with Crippen molar-refractivity contribution in [2.75, 3.05) is 11.9 Å². The lowest BCUT2D eigenvalue weighted by Crippen LogP contribution is -2.40. The van der Waals surface area contributed by atoms with Gasteiger partial charge in [-0.15, -0.1) is 0 Å². The van der Waals surface area contributed by atoms with E-state index in [9.17, 15) is 4.79 Å². The summed E-state index contributed by atoms with van der Waals surface area (Å²) in [7, 11) is 0. The minimum Gasteiger partial charge on any atom is -0.396 e. The Hall–Kier alpha value is -1.55. The second-order valence-corrected chi connectivity index (χ2v) is 4.42. The summed E-state index contributed by atoms with van der Waals surface area (Å²) in [4.78, 5) is 11.7. The molecule has 0 radical (unpaired) electrons. The Labute approximate surface area is 102 Å². The number of benzene rings is 1. The van der Waals surface area contributed by atoms with Gasteiger partial charge < -0.3 is 15.7 Å². The molecule has 0 heterocycles. The van der Waals surface area contributed by atoms with Gasteiger partial charge in [0, 0.05) is 18.3 Å². The fourth-order valence-electron chi connectivity index (χ4n) is 1.40. The van der Waals surface area contributed by atoms with Crippen molar-refractivity contribution >= 4 is 11.7 Å². The van der Waals surface area contributed by atoms with E-state index in [1.54, 1.807) is 0 Å². The van der Waals surface area contributed by atoms with Crippen LogP contribution in [0.1, 0.15) is 19.4 Å². The molecule has 2 amide bonds. The van der Waals surface area contributed by atoms with E-state index in [4.69, 9.17) is 5.11 Å². The van der Waals surface area contributed by atoms with E-state index < -0.39 is 0 Å². The van der Waals surface area contributed by atoms with Gasteiger partial charge in [-0.3, -0.25) is 0 Å². The number of urea groups is 1. The Morgan fingerprint density at radius 2 is 2.12 bits per heavy atom. The van der Waals surface area contributed by atoms with E-state index in [2.05, 4.69) is 10.6 Å². The van der Waals surface area contributed by atoms with Crippen molar-refractivity contribution < 1.29 is 9.90 Å². The molecule has 4 nitrogen and oxygen atoms in total. The van der Waals surface area contributed by atoms with Crippen molar-refractivity contribution in [1.29, 1.82) is 0 Å². The van der Waals surface area contributed by atoms with Gasteiger partial charge in [-0.25, -0.2) is 4.79 Å². The molecule has 17 heavy (non-hydrogen) atoms. The third kappa shape index (κ3) is 4.44. The van der Waals surface area contributed by atoms with Crippen molar-refractivity contribution in [3.8, 4) is 0 Å². The maximum absolute atomic E-state index is 11.7. The van der Waals surface area contributed by atoms with Gasteiger partial charge in [0.2, 0.25) is 0 Å². The van der Waals surface area contributed by atoms with E-state index in [-0.39, 0.29) is 24.6 Å². The minimum atomic E-state index is -0.247. The monoisotopic (exact) mass is 236 g/mol. The first-order chi connectivity index (χ1) is 8.02. The van der Waals surface area contributed by atoms with Crippen molar-refractivity contribution in [1.82, 2.24) is 5.32 Å². The van der Waals surface area contributed by atoms with Crippen LogP contribution in [0.5, 0.6) is 0 Å². The molecule has 0 saturated heterocycles. The summed E-state index contributed by atoms with van der Waals surface area (Å²) in [6.07, 6.45) is 0. The Kier molecular flexibility index (Phi) is 4.97. The van der Waals surface area contributed by atoms with Crippen LogP contribution in [0.3, 0.4) is 0 Å². The molecule has 0 saturated carbocycles. The first kappa shape index (κ1) is 13.5. The van der Waals surface area contributed by atoms with E-state index in [1.165, 1.54) is 0 Å². The smallest absolute Gasteiger partial charge is 0.319 e. The first-order valence-electron chi connectivity index (χ1n) is 5.78. The molecule has 0 spiro atoms. The zero-order valence-electron chi connectivity index (χ0n) is 10.5. The summed E-state index contributed by atoms with van der Waals surface area (Å²) < 4.78 is 0. The second kappa shape index (κ2) is 6.25. The van der Waals surface area contributed by atoms with Gasteiger partial charge >= 0.3 is 6.03 Å². The molecule has 4 heteroatoms. The van der Waals surface area contributed by atoms with Gasteiger partial charge in [0.15, 0.2) is 0 Å². The lowest BCUT2D eigenvalue weighted by atomic mass is 10.1. The zero-order valence-corrected chi connectivity index (χ0v) is 10.5. The molecule has 0 aliphatic heterocycles. The van der Waals surface area contributed by atoms with Crippen LogP contribution >= 0.6 is 0 Å². The predicted octanol–water partition coefficient (Wildman–Crippen LogP) is 2.13. The van der Waals surface area contributed by atoms with E-state index in [0.29, 0.717) is 0 Å². The molecule has 3 N–H and O–H groups in total. The number of aryl methyl sites for hydroxylation is 1. The van der Waals surface area contributed by atoms with Crippen LogP contribution in [0.4, 0.5) is 10.5 Å². The molecular formula is C13H20N2O2. The molecule has 1 rings (SSSR count). The van der Waals surface area contributed by atoms with Crippen LogP contribution in [-0.4, -0.2) is 23.8 Å². The number of carbonyl (C=O) groups is 1. The van der Waals surface area contributed by atoms with E-state index in [1.807, 2.05) is 45.0 Å². The lowest BCUT2D eigenvalue weighted by Gasteiger charge is -2.19. The molecule has 0 aliphatic rings. The number of hydrogen-bond donors (Lipinski definition) is 3. The van der Waals surface area contributed by atoms with E-state index >= 15 is 0 Å². The number of amides is 2. The number of rotatable bonds is 4. The van der Waals surface area contributed by atoms with Crippen LogP contribution < -0.4 is 10.6 Å². The largest absolute Gasteiger partial charge is 0.396 e. The average molecular weight is 236 g/mol.